The second-order valence-electron chi connectivity index (χ2n) is 6.75. The molecule has 1 atom stereocenters. The predicted molar refractivity (Wildman–Crippen MR) is 97.8 cm³/mol. The summed E-state index contributed by atoms with van der Waals surface area (Å²) in [7, 11) is -1.54. The third-order valence-electron chi connectivity index (χ3n) is 4.78. The molecule has 1 fully saturated rings. The zero-order chi connectivity index (χ0) is 17.9. The van der Waals surface area contributed by atoms with E-state index in [0.717, 1.165) is 25.9 Å². The van der Waals surface area contributed by atoms with Gasteiger partial charge in [-0.1, -0.05) is 18.2 Å². The Bertz CT molecular complexity index is 753. The first-order valence-electron chi connectivity index (χ1n) is 8.70. The molecule has 1 aliphatic carbocycles. The maximum absolute atomic E-state index is 12.8. The summed E-state index contributed by atoms with van der Waals surface area (Å²) in [6, 6.07) is 6.54. The smallest absolute Gasteiger partial charge is 0.243 e. The summed E-state index contributed by atoms with van der Waals surface area (Å²) in [5.74, 6) is 0.211. The molecular weight excluding hydrogens is 338 g/mol. The van der Waals surface area contributed by atoms with Crippen molar-refractivity contribution in [1.29, 1.82) is 0 Å². The van der Waals surface area contributed by atoms with E-state index in [9.17, 15) is 13.2 Å². The SMILES string of the molecule is CN1CCN(S(=O)(=O)c2cccc(NC(=O)CC3C=CCC3)c2)CC1. The molecule has 0 aromatic heterocycles. The van der Waals surface area contributed by atoms with Crippen LogP contribution in [-0.2, 0) is 14.8 Å². The fourth-order valence-corrected chi connectivity index (χ4v) is 4.70. The number of anilines is 1. The van der Waals surface area contributed by atoms with E-state index in [1.165, 1.54) is 4.31 Å². The zero-order valence-electron chi connectivity index (χ0n) is 14.5. The molecule has 1 aromatic rings. The molecule has 0 spiro atoms. The number of nitrogens with zero attached hydrogens (tertiary/aromatic N) is 2. The highest BCUT2D eigenvalue weighted by atomic mass is 32.2. The van der Waals surface area contributed by atoms with Crippen LogP contribution >= 0.6 is 0 Å². The minimum absolute atomic E-state index is 0.0781. The molecular formula is C18H25N3O3S. The Hall–Kier alpha value is -1.70. The largest absolute Gasteiger partial charge is 0.326 e. The fourth-order valence-electron chi connectivity index (χ4n) is 3.23. The predicted octanol–water partition coefficient (Wildman–Crippen LogP) is 1.92. The van der Waals surface area contributed by atoms with Gasteiger partial charge in [0.05, 0.1) is 4.90 Å². The maximum atomic E-state index is 12.8. The molecule has 0 bridgehead atoms. The van der Waals surface area contributed by atoms with Crippen LogP contribution in [0.3, 0.4) is 0 Å². The Morgan fingerprint density at radius 3 is 2.68 bits per heavy atom. The number of amides is 1. The van der Waals surface area contributed by atoms with Gasteiger partial charge in [-0.3, -0.25) is 4.79 Å². The van der Waals surface area contributed by atoms with Gasteiger partial charge in [-0.15, -0.1) is 0 Å². The molecule has 1 saturated heterocycles. The van der Waals surface area contributed by atoms with Crippen LogP contribution in [0, 0.1) is 5.92 Å². The first kappa shape index (κ1) is 18.1. The highest BCUT2D eigenvalue weighted by molar-refractivity contribution is 7.89. The number of allylic oxidation sites excluding steroid dienone is 2. The van der Waals surface area contributed by atoms with Crippen molar-refractivity contribution in [2.24, 2.45) is 5.92 Å². The highest BCUT2D eigenvalue weighted by Gasteiger charge is 2.27. The van der Waals surface area contributed by atoms with E-state index in [1.54, 1.807) is 24.3 Å². The minimum atomic E-state index is -3.52. The van der Waals surface area contributed by atoms with Gasteiger partial charge < -0.3 is 10.2 Å². The Kier molecular flexibility index (Phi) is 5.56. The molecule has 1 unspecified atom stereocenters. The molecule has 1 N–H and O–H groups in total. The Morgan fingerprint density at radius 2 is 2.00 bits per heavy atom. The van der Waals surface area contributed by atoms with Crippen LogP contribution in [0.15, 0.2) is 41.3 Å². The second kappa shape index (κ2) is 7.68. The topological polar surface area (TPSA) is 69.7 Å². The van der Waals surface area contributed by atoms with Crippen LogP contribution in [0.1, 0.15) is 19.3 Å². The lowest BCUT2D eigenvalue weighted by Gasteiger charge is -2.31. The summed E-state index contributed by atoms with van der Waals surface area (Å²) >= 11 is 0. The van der Waals surface area contributed by atoms with Crippen molar-refractivity contribution in [2.45, 2.75) is 24.2 Å². The Balaban J connectivity index is 1.68. The van der Waals surface area contributed by atoms with Crippen molar-refractivity contribution in [3.05, 3.63) is 36.4 Å². The van der Waals surface area contributed by atoms with Gasteiger partial charge in [0.1, 0.15) is 0 Å². The monoisotopic (exact) mass is 363 g/mol. The van der Waals surface area contributed by atoms with Gasteiger partial charge >= 0.3 is 0 Å². The molecule has 1 heterocycles. The van der Waals surface area contributed by atoms with E-state index >= 15 is 0 Å². The van der Waals surface area contributed by atoms with Gasteiger partial charge in [-0.25, -0.2) is 8.42 Å². The summed E-state index contributed by atoms with van der Waals surface area (Å²) in [5.41, 5.74) is 0.530. The van der Waals surface area contributed by atoms with Crippen molar-refractivity contribution < 1.29 is 13.2 Å². The first-order valence-corrected chi connectivity index (χ1v) is 10.1. The lowest BCUT2D eigenvalue weighted by molar-refractivity contribution is -0.116. The molecule has 136 valence electrons. The summed E-state index contributed by atoms with van der Waals surface area (Å²) in [5, 5.41) is 2.83. The maximum Gasteiger partial charge on any atom is 0.243 e. The van der Waals surface area contributed by atoms with E-state index in [4.69, 9.17) is 0 Å². The van der Waals surface area contributed by atoms with Crippen LogP contribution in [0.4, 0.5) is 5.69 Å². The minimum Gasteiger partial charge on any atom is -0.326 e. The number of carbonyl (C=O) groups is 1. The number of carbonyl (C=O) groups excluding carboxylic acids is 1. The van der Waals surface area contributed by atoms with Gasteiger partial charge in [0.15, 0.2) is 0 Å². The first-order chi connectivity index (χ1) is 11.9. The number of sulfonamides is 1. The van der Waals surface area contributed by atoms with Crippen LogP contribution in [0.5, 0.6) is 0 Å². The number of hydrogen-bond donors (Lipinski definition) is 1. The van der Waals surface area contributed by atoms with Crippen molar-refractivity contribution in [1.82, 2.24) is 9.21 Å². The quantitative estimate of drug-likeness (QED) is 0.812. The normalized spacial score (nSPS) is 22.2. The average Bonchev–Trinajstić information content (AvgIpc) is 3.08. The van der Waals surface area contributed by atoms with Gasteiger partial charge in [0.2, 0.25) is 15.9 Å². The van der Waals surface area contributed by atoms with Crippen LogP contribution in [0.25, 0.3) is 0 Å². The number of benzene rings is 1. The molecule has 0 radical (unpaired) electrons. The van der Waals surface area contributed by atoms with E-state index < -0.39 is 10.0 Å². The van der Waals surface area contributed by atoms with E-state index in [2.05, 4.69) is 22.4 Å². The molecule has 6 nitrogen and oxygen atoms in total. The molecule has 25 heavy (non-hydrogen) atoms. The highest BCUT2D eigenvalue weighted by Crippen LogP contribution is 2.23. The van der Waals surface area contributed by atoms with E-state index in [-0.39, 0.29) is 16.7 Å². The third kappa shape index (κ3) is 4.48. The molecule has 1 amide bonds. The Labute approximate surface area is 149 Å². The molecule has 0 saturated carbocycles. The molecule has 7 heteroatoms. The molecule has 3 rings (SSSR count). The number of nitrogens with one attached hydrogen (secondary N) is 1. The summed E-state index contributed by atoms with van der Waals surface area (Å²) in [4.78, 5) is 14.5. The Morgan fingerprint density at radius 1 is 1.24 bits per heavy atom. The van der Waals surface area contributed by atoms with Gasteiger partial charge in [-0.05, 0) is 44.0 Å². The van der Waals surface area contributed by atoms with Crippen LogP contribution in [-0.4, -0.2) is 56.8 Å². The number of likely N-dealkylation sites (N-methyl/N-ethyl adjacent to an activating group) is 1. The second-order valence-corrected chi connectivity index (χ2v) is 8.69. The molecule has 1 aromatic carbocycles. The summed E-state index contributed by atoms with van der Waals surface area (Å²) in [6.45, 7) is 2.43. The van der Waals surface area contributed by atoms with Crippen LogP contribution < -0.4 is 5.32 Å². The number of rotatable bonds is 5. The summed E-state index contributed by atoms with van der Waals surface area (Å²) < 4.78 is 27.1. The molecule has 2 aliphatic rings. The van der Waals surface area contributed by atoms with Crippen molar-refractivity contribution in [3.8, 4) is 0 Å². The van der Waals surface area contributed by atoms with Crippen molar-refractivity contribution in [2.75, 3.05) is 38.5 Å². The van der Waals surface area contributed by atoms with Crippen molar-refractivity contribution >= 4 is 21.6 Å². The van der Waals surface area contributed by atoms with E-state index in [0.29, 0.717) is 25.2 Å². The van der Waals surface area contributed by atoms with Crippen molar-refractivity contribution in [3.63, 3.8) is 0 Å². The zero-order valence-corrected chi connectivity index (χ0v) is 15.3. The number of hydrogen-bond acceptors (Lipinski definition) is 4. The van der Waals surface area contributed by atoms with Crippen LogP contribution in [0.2, 0.25) is 0 Å². The lowest BCUT2D eigenvalue weighted by atomic mass is 10.1. The average molecular weight is 363 g/mol. The summed E-state index contributed by atoms with van der Waals surface area (Å²) in [6.07, 6.45) is 6.64. The number of piperazine rings is 1. The lowest BCUT2D eigenvalue weighted by Crippen LogP contribution is -2.47. The van der Waals surface area contributed by atoms with Gasteiger partial charge in [0.25, 0.3) is 0 Å². The van der Waals surface area contributed by atoms with E-state index in [1.807, 2.05) is 7.05 Å². The molecule has 1 aliphatic heterocycles. The standard InChI is InChI=1S/C18H25N3O3S/c1-20-9-11-21(12-10-20)25(23,24)17-8-4-7-16(14-17)19-18(22)13-15-5-2-3-6-15/h2,4-5,7-8,14-15H,3,6,9-13H2,1H3,(H,19,22). The van der Waals surface area contributed by atoms with Gasteiger partial charge in [-0.2, -0.15) is 4.31 Å². The third-order valence-corrected chi connectivity index (χ3v) is 6.67. The fraction of sp³-hybridized carbons (Fsp3) is 0.500. The van der Waals surface area contributed by atoms with Gasteiger partial charge in [0, 0.05) is 38.3 Å².